The van der Waals surface area contributed by atoms with Crippen molar-refractivity contribution in [3.05, 3.63) is 58.7 Å². The zero-order valence-electron chi connectivity index (χ0n) is 18.1. The summed E-state index contributed by atoms with van der Waals surface area (Å²) in [6.45, 7) is 8.49. The number of benzene rings is 2. The van der Waals surface area contributed by atoms with Gasteiger partial charge < -0.3 is 14.8 Å². The van der Waals surface area contributed by atoms with E-state index in [1.54, 1.807) is 0 Å². The van der Waals surface area contributed by atoms with Gasteiger partial charge in [-0.2, -0.15) is 0 Å². The van der Waals surface area contributed by atoms with Crippen LogP contribution in [0.15, 0.2) is 36.4 Å². The Morgan fingerprint density at radius 2 is 1.72 bits per heavy atom. The lowest BCUT2D eigenvalue weighted by Crippen LogP contribution is -2.44. The molecule has 0 radical (unpaired) electrons. The van der Waals surface area contributed by atoms with Crippen LogP contribution in [-0.4, -0.2) is 24.7 Å². The second-order valence-electron chi connectivity index (χ2n) is 8.12. The molecule has 4 nitrogen and oxygen atoms in total. The number of fused-ring (bicyclic) bond motifs is 1. The Balaban J connectivity index is 1.52. The summed E-state index contributed by atoms with van der Waals surface area (Å²) in [7, 11) is 0. The number of rotatable bonds is 8. The molecule has 2 aromatic rings. The number of hydrogen-bond acceptors (Lipinski definition) is 3. The summed E-state index contributed by atoms with van der Waals surface area (Å²) in [5, 5.41) is 3.02. The highest BCUT2D eigenvalue weighted by molar-refractivity contribution is 5.81. The molecule has 1 aliphatic rings. The largest absolute Gasteiger partial charge is 0.491 e. The van der Waals surface area contributed by atoms with E-state index >= 15 is 0 Å². The fourth-order valence-corrected chi connectivity index (χ4v) is 3.67. The van der Waals surface area contributed by atoms with Crippen LogP contribution in [-0.2, 0) is 17.6 Å². The minimum atomic E-state index is -0.499. The molecule has 0 aliphatic heterocycles. The van der Waals surface area contributed by atoms with E-state index < -0.39 is 6.10 Å². The van der Waals surface area contributed by atoms with Crippen LogP contribution in [0.5, 0.6) is 11.5 Å². The Labute approximate surface area is 174 Å². The van der Waals surface area contributed by atoms with Gasteiger partial charge in [0.05, 0.1) is 6.04 Å². The minimum absolute atomic E-state index is 0.0959. The third-order valence-corrected chi connectivity index (χ3v) is 5.63. The highest BCUT2D eigenvalue weighted by Gasteiger charge is 2.21. The first kappa shape index (κ1) is 21.2. The van der Waals surface area contributed by atoms with Gasteiger partial charge in [-0.15, -0.1) is 0 Å². The Kier molecular flexibility index (Phi) is 7.18. The number of carbonyl (C=O) groups is 1. The number of carbonyl (C=O) groups excluding carboxylic acids is 1. The Morgan fingerprint density at radius 3 is 2.45 bits per heavy atom. The maximum absolute atomic E-state index is 12.7. The summed E-state index contributed by atoms with van der Waals surface area (Å²) in [5.74, 6) is 1.51. The van der Waals surface area contributed by atoms with Crippen molar-refractivity contribution in [2.75, 3.05) is 6.61 Å². The van der Waals surface area contributed by atoms with Gasteiger partial charge in [-0.05, 0) is 99.4 Å². The Bertz CT molecular complexity index is 846. The number of amides is 1. The van der Waals surface area contributed by atoms with E-state index in [9.17, 15) is 4.79 Å². The second-order valence-corrected chi connectivity index (χ2v) is 8.12. The van der Waals surface area contributed by atoms with Crippen molar-refractivity contribution in [3.63, 3.8) is 0 Å². The minimum Gasteiger partial charge on any atom is -0.491 e. The maximum Gasteiger partial charge on any atom is 0.261 e. The summed E-state index contributed by atoms with van der Waals surface area (Å²) >= 11 is 0. The van der Waals surface area contributed by atoms with Gasteiger partial charge in [-0.1, -0.05) is 19.1 Å². The van der Waals surface area contributed by atoms with Crippen LogP contribution in [0.3, 0.4) is 0 Å². The van der Waals surface area contributed by atoms with Crippen LogP contribution < -0.4 is 14.8 Å². The average molecular weight is 396 g/mol. The normalized spacial score (nSPS) is 15.2. The van der Waals surface area contributed by atoms with E-state index in [2.05, 4.69) is 31.3 Å². The molecule has 0 fully saturated rings. The van der Waals surface area contributed by atoms with Crippen LogP contribution >= 0.6 is 0 Å². The fourth-order valence-electron chi connectivity index (χ4n) is 3.67. The van der Waals surface area contributed by atoms with Crippen molar-refractivity contribution >= 4 is 5.91 Å². The van der Waals surface area contributed by atoms with Crippen LogP contribution in [0, 0.1) is 13.8 Å². The van der Waals surface area contributed by atoms with E-state index in [1.165, 1.54) is 35.1 Å². The Morgan fingerprint density at radius 1 is 1.00 bits per heavy atom. The van der Waals surface area contributed by atoms with Crippen molar-refractivity contribution in [3.8, 4) is 11.5 Å². The second kappa shape index (κ2) is 9.82. The molecular weight excluding hydrogens is 362 g/mol. The van der Waals surface area contributed by atoms with Crippen molar-refractivity contribution in [1.82, 2.24) is 5.32 Å². The first-order chi connectivity index (χ1) is 14.0. The standard InChI is InChI=1S/C25H33NO3/c1-5-24(29-23-13-11-20-8-6-7-9-21(20)15-23)25(27)26-19(4)16-28-22-12-10-17(2)18(3)14-22/h10-15,19,24H,5-9,16H2,1-4H3,(H,26,27)/t19-,24-/m0/s1. The maximum atomic E-state index is 12.7. The topological polar surface area (TPSA) is 47.6 Å². The van der Waals surface area contributed by atoms with Crippen LogP contribution in [0.1, 0.15) is 55.4 Å². The third-order valence-electron chi connectivity index (χ3n) is 5.63. The summed E-state index contributed by atoms with van der Waals surface area (Å²) in [5.41, 5.74) is 5.21. The summed E-state index contributed by atoms with van der Waals surface area (Å²) in [6, 6.07) is 12.2. The molecule has 4 heteroatoms. The lowest BCUT2D eigenvalue weighted by molar-refractivity contribution is -0.128. The molecule has 0 bridgehead atoms. The highest BCUT2D eigenvalue weighted by Crippen LogP contribution is 2.26. The molecule has 156 valence electrons. The van der Waals surface area contributed by atoms with Gasteiger partial charge in [-0.25, -0.2) is 0 Å². The van der Waals surface area contributed by atoms with E-state index in [1.807, 2.05) is 38.1 Å². The first-order valence-corrected chi connectivity index (χ1v) is 10.7. The van der Waals surface area contributed by atoms with Crippen LogP contribution in [0.2, 0.25) is 0 Å². The average Bonchev–Trinajstić information content (AvgIpc) is 2.72. The monoisotopic (exact) mass is 395 g/mol. The molecule has 2 aromatic carbocycles. The van der Waals surface area contributed by atoms with Crippen molar-refractivity contribution < 1.29 is 14.3 Å². The van der Waals surface area contributed by atoms with Gasteiger partial charge in [0.25, 0.3) is 5.91 Å². The van der Waals surface area contributed by atoms with Crippen LogP contribution in [0.25, 0.3) is 0 Å². The molecule has 2 atom stereocenters. The highest BCUT2D eigenvalue weighted by atomic mass is 16.5. The molecular formula is C25H33NO3. The number of ether oxygens (including phenoxy) is 2. The predicted octanol–water partition coefficient (Wildman–Crippen LogP) is 4.92. The van der Waals surface area contributed by atoms with Gasteiger partial charge >= 0.3 is 0 Å². The summed E-state index contributed by atoms with van der Waals surface area (Å²) in [6.07, 6.45) is 4.85. The molecule has 0 saturated heterocycles. The SMILES string of the molecule is CC[C@H](Oc1ccc2c(c1)CCCC2)C(=O)N[C@@H](C)COc1ccc(C)c(C)c1. The zero-order valence-corrected chi connectivity index (χ0v) is 18.1. The summed E-state index contributed by atoms with van der Waals surface area (Å²) in [4.78, 5) is 12.7. The molecule has 0 aromatic heterocycles. The van der Waals surface area contributed by atoms with Gasteiger partial charge in [0.1, 0.15) is 18.1 Å². The summed E-state index contributed by atoms with van der Waals surface area (Å²) < 4.78 is 11.9. The van der Waals surface area contributed by atoms with Gasteiger partial charge in [0.15, 0.2) is 6.10 Å². The van der Waals surface area contributed by atoms with Crippen molar-refractivity contribution in [1.29, 1.82) is 0 Å². The molecule has 3 rings (SSSR count). The molecule has 0 saturated carbocycles. The lowest BCUT2D eigenvalue weighted by Gasteiger charge is -2.22. The smallest absolute Gasteiger partial charge is 0.261 e. The third kappa shape index (κ3) is 5.75. The van der Waals surface area contributed by atoms with Gasteiger partial charge in [0.2, 0.25) is 0 Å². The molecule has 0 heterocycles. The zero-order chi connectivity index (χ0) is 20.8. The van der Waals surface area contributed by atoms with E-state index in [4.69, 9.17) is 9.47 Å². The van der Waals surface area contributed by atoms with Crippen LogP contribution in [0.4, 0.5) is 0 Å². The van der Waals surface area contributed by atoms with Gasteiger partial charge in [-0.3, -0.25) is 4.79 Å². The quantitative estimate of drug-likeness (QED) is 0.690. The van der Waals surface area contributed by atoms with Gasteiger partial charge in [0, 0.05) is 0 Å². The fraction of sp³-hybridized carbons (Fsp3) is 0.480. The van der Waals surface area contributed by atoms with E-state index in [0.29, 0.717) is 13.0 Å². The molecule has 1 N–H and O–H groups in total. The number of aryl methyl sites for hydroxylation is 4. The molecule has 1 amide bonds. The molecule has 0 unspecified atom stereocenters. The van der Waals surface area contributed by atoms with E-state index in [0.717, 1.165) is 24.3 Å². The van der Waals surface area contributed by atoms with Crippen molar-refractivity contribution in [2.45, 2.75) is 71.9 Å². The predicted molar refractivity (Wildman–Crippen MR) is 117 cm³/mol. The number of hydrogen-bond donors (Lipinski definition) is 1. The first-order valence-electron chi connectivity index (χ1n) is 10.7. The Hall–Kier alpha value is -2.49. The van der Waals surface area contributed by atoms with Crippen molar-refractivity contribution in [2.24, 2.45) is 0 Å². The number of nitrogens with one attached hydrogen (secondary N) is 1. The molecule has 1 aliphatic carbocycles. The van der Waals surface area contributed by atoms with E-state index in [-0.39, 0.29) is 11.9 Å². The molecule has 29 heavy (non-hydrogen) atoms. The lowest BCUT2D eigenvalue weighted by atomic mass is 9.92. The molecule has 0 spiro atoms.